The molecule has 0 aliphatic rings. The summed E-state index contributed by atoms with van der Waals surface area (Å²) in [6, 6.07) is 12.1. The maximum Gasteiger partial charge on any atom is 0.144 e. The van der Waals surface area contributed by atoms with Crippen LogP contribution in [0.15, 0.2) is 46.9 Å². The summed E-state index contributed by atoms with van der Waals surface area (Å²) in [5, 5.41) is 0. The van der Waals surface area contributed by atoms with Crippen molar-refractivity contribution in [2.24, 2.45) is 0 Å². The molecule has 0 aliphatic heterocycles. The van der Waals surface area contributed by atoms with E-state index >= 15 is 0 Å². The average molecular weight is 313 g/mol. The molecule has 2 rings (SSSR count). The van der Waals surface area contributed by atoms with Crippen LogP contribution in [-0.4, -0.2) is 0 Å². The van der Waals surface area contributed by atoms with Crippen LogP contribution in [0.4, 0.5) is 14.5 Å². The molecule has 0 aliphatic carbocycles. The Balaban J connectivity index is 1.97. The van der Waals surface area contributed by atoms with E-state index in [9.17, 15) is 8.78 Å². The van der Waals surface area contributed by atoms with Crippen LogP contribution in [0.5, 0.6) is 0 Å². The average Bonchev–Trinajstić information content (AvgIpc) is 2.40. The van der Waals surface area contributed by atoms with Gasteiger partial charge in [0.05, 0.1) is 4.47 Å². The van der Waals surface area contributed by atoms with Gasteiger partial charge in [-0.05, 0) is 34.1 Å². The summed E-state index contributed by atoms with van der Waals surface area (Å²) in [7, 11) is 0. The molecular weight excluding hydrogens is 302 g/mol. The molecule has 0 radical (unpaired) electrons. The molecule has 0 spiro atoms. The van der Waals surface area contributed by atoms with Crippen LogP contribution < -0.4 is 10.9 Å². The molecule has 2 aromatic rings. The highest BCUT2D eigenvalue weighted by Crippen LogP contribution is 2.22. The van der Waals surface area contributed by atoms with Crippen LogP contribution in [0.3, 0.4) is 0 Å². The predicted molar refractivity (Wildman–Crippen MR) is 71.0 cm³/mol. The summed E-state index contributed by atoms with van der Waals surface area (Å²) in [6.07, 6.45) is 0. The van der Waals surface area contributed by atoms with E-state index < -0.39 is 11.6 Å². The molecule has 0 unspecified atom stereocenters. The number of nitrogens with one attached hydrogen (secondary N) is 2. The summed E-state index contributed by atoms with van der Waals surface area (Å²) in [6.45, 7) is 0.250. The van der Waals surface area contributed by atoms with Crippen molar-refractivity contribution in [3.63, 3.8) is 0 Å². The van der Waals surface area contributed by atoms with Crippen LogP contribution in [0.2, 0.25) is 0 Å². The summed E-state index contributed by atoms with van der Waals surface area (Å²) in [4.78, 5) is 0. The van der Waals surface area contributed by atoms with Crippen LogP contribution in [0.1, 0.15) is 5.56 Å². The standard InChI is InChI=1S/C13H11BrF2N2/c14-12-11(15)7-6-9(13(12)16)8-17-18-10-4-2-1-3-5-10/h1-7,17-18H,8H2. The Kier molecular flexibility index (Phi) is 4.28. The number of hydrogen-bond donors (Lipinski definition) is 2. The van der Waals surface area contributed by atoms with E-state index in [1.807, 2.05) is 30.3 Å². The molecule has 0 aromatic heterocycles. The highest BCUT2D eigenvalue weighted by Gasteiger charge is 2.10. The maximum atomic E-state index is 13.6. The first-order valence-corrected chi connectivity index (χ1v) is 6.14. The normalized spacial score (nSPS) is 10.4. The van der Waals surface area contributed by atoms with Crippen molar-refractivity contribution in [1.29, 1.82) is 0 Å². The van der Waals surface area contributed by atoms with Crippen LogP contribution in [-0.2, 0) is 6.54 Å². The summed E-state index contributed by atoms with van der Waals surface area (Å²) < 4.78 is 26.5. The number of hydrogen-bond acceptors (Lipinski definition) is 2. The lowest BCUT2D eigenvalue weighted by Crippen LogP contribution is -2.21. The van der Waals surface area contributed by atoms with E-state index in [-0.39, 0.29) is 11.0 Å². The Morgan fingerprint density at radius 2 is 1.72 bits per heavy atom. The minimum atomic E-state index is -0.604. The lowest BCUT2D eigenvalue weighted by molar-refractivity contribution is 0.556. The minimum Gasteiger partial charge on any atom is -0.321 e. The number of halogens is 3. The summed E-state index contributed by atoms with van der Waals surface area (Å²) in [5.41, 5.74) is 7.06. The molecule has 5 heteroatoms. The van der Waals surface area contributed by atoms with E-state index in [0.29, 0.717) is 5.56 Å². The highest BCUT2D eigenvalue weighted by atomic mass is 79.9. The number of para-hydroxylation sites is 1. The van der Waals surface area contributed by atoms with Gasteiger partial charge in [-0.3, -0.25) is 0 Å². The van der Waals surface area contributed by atoms with Crippen LogP contribution >= 0.6 is 15.9 Å². The summed E-state index contributed by atoms with van der Waals surface area (Å²) >= 11 is 2.87. The third-order valence-corrected chi connectivity index (χ3v) is 3.13. The quantitative estimate of drug-likeness (QED) is 0.662. The second-order valence-corrected chi connectivity index (χ2v) is 4.47. The van der Waals surface area contributed by atoms with Crippen molar-refractivity contribution in [3.05, 3.63) is 64.1 Å². The molecular formula is C13H11BrF2N2. The Morgan fingerprint density at radius 1 is 1.00 bits per heavy atom. The van der Waals surface area contributed by atoms with Gasteiger partial charge in [0.1, 0.15) is 11.6 Å². The fraction of sp³-hybridized carbons (Fsp3) is 0.0769. The van der Waals surface area contributed by atoms with Crippen molar-refractivity contribution in [2.45, 2.75) is 6.54 Å². The fourth-order valence-corrected chi connectivity index (χ4v) is 1.85. The van der Waals surface area contributed by atoms with E-state index in [1.54, 1.807) is 0 Å². The molecule has 0 fully saturated rings. The van der Waals surface area contributed by atoms with Crippen molar-refractivity contribution >= 4 is 21.6 Å². The molecule has 2 nitrogen and oxygen atoms in total. The molecule has 94 valence electrons. The Bertz CT molecular complexity index is 532. The first-order valence-electron chi connectivity index (χ1n) is 5.35. The Labute approximate surface area is 112 Å². The molecule has 0 atom stereocenters. The van der Waals surface area contributed by atoms with Crippen molar-refractivity contribution < 1.29 is 8.78 Å². The molecule has 0 bridgehead atoms. The van der Waals surface area contributed by atoms with Crippen molar-refractivity contribution in [2.75, 3.05) is 5.43 Å². The van der Waals surface area contributed by atoms with Crippen LogP contribution in [0.25, 0.3) is 0 Å². The SMILES string of the molecule is Fc1ccc(CNNc2ccccc2)c(F)c1Br. The van der Waals surface area contributed by atoms with E-state index in [1.165, 1.54) is 12.1 Å². The molecule has 0 saturated heterocycles. The number of rotatable bonds is 4. The topological polar surface area (TPSA) is 24.1 Å². The molecule has 2 aromatic carbocycles. The van der Waals surface area contributed by atoms with Gasteiger partial charge in [-0.2, -0.15) is 0 Å². The third kappa shape index (κ3) is 3.05. The van der Waals surface area contributed by atoms with Crippen molar-refractivity contribution in [3.8, 4) is 0 Å². The minimum absolute atomic E-state index is 0.137. The lowest BCUT2D eigenvalue weighted by Gasteiger charge is -2.09. The fourth-order valence-electron chi connectivity index (χ4n) is 1.47. The zero-order chi connectivity index (χ0) is 13.0. The smallest absolute Gasteiger partial charge is 0.144 e. The first kappa shape index (κ1) is 13.0. The van der Waals surface area contributed by atoms with Gasteiger partial charge >= 0.3 is 0 Å². The van der Waals surface area contributed by atoms with E-state index in [2.05, 4.69) is 26.8 Å². The van der Waals surface area contributed by atoms with E-state index in [0.717, 1.165) is 5.69 Å². The van der Waals surface area contributed by atoms with Gasteiger partial charge in [0, 0.05) is 17.8 Å². The second-order valence-electron chi connectivity index (χ2n) is 3.68. The van der Waals surface area contributed by atoms with Gasteiger partial charge < -0.3 is 5.43 Å². The lowest BCUT2D eigenvalue weighted by atomic mass is 10.2. The van der Waals surface area contributed by atoms with Crippen molar-refractivity contribution in [1.82, 2.24) is 5.43 Å². The zero-order valence-corrected chi connectivity index (χ0v) is 11.0. The van der Waals surface area contributed by atoms with Gasteiger partial charge in [0.2, 0.25) is 0 Å². The molecule has 0 heterocycles. The first-order chi connectivity index (χ1) is 8.68. The molecule has 0 saturated carbocycles. The van der Waals surface area contributed by atoms with Gasteiger partial charge in [-0.15, -0.1) is 0 Å². The van der Waals surface area contributed by atoms with E-state index in [4.69, 9.17) is 0 Å². The Hall–Kier alpha value is -1.46. The number of hydrazine groups is 1. The Morgan fingerprint density at radius 3 is 2.44 bits per heavy atom. The zero-order valence-electron chi connectivity index (χ0n) is 9.38. The third-order valence-electron chi connectivity index (χ3n) is 2.40. The largest absolute Gasteiger partial charge is 0.321 e. The highest BCUT2D eigenvalue weighted by molar-refractivity contribution is 9.10. The molecule has 0 amide bonds. The molecule has 2 N–H and O–H groups in total. The second kappa shape index (κ2) is 5.93. The maximum absolute atomic E-state index is 13.6. The predicted octanol–water partition coefficient (Wildman–Crippen LogP) is 3.84. The monoisotopic (exact) mass is 312 g/mol. The van der Waals surface area contributed by atoms with Gasteiger partial charge in [-0.25, -0.2) is 14.2 Å². The van der Waals surface area contributed by atoms with Gasteiger partial charge in [-0.1, -0.05) is 24.3 Å². The number of anilines is 1. The summed E-state index contributed by atoms with van der Waals surface area (Å²) in [5.74, 6) is -1.19. The number of benzene rings is 2. The van der Waals surface area contributed by atoms with Crippen LogP contribution in [0, 0.1) is 11.6 Å². The van der Waals surface area contributed by atoms with Gasteiger partial charge in [0.25, 0.3) is 0 Å². The van der Waals surface area contributed by atoms with Gasteiger partial charge in [0.15, 0.2) is 0 Å². The molecule has 18 heavy (non-hydrogen) atoms.